The topological polar surface area (TPSA) is 55.2 Å². The predicted octanol–water partition coefficient (Wildman–Crippen LogP) is 2.48. The molecule has 0 aliphatic carbocycles. The van der Waals surface area contributed by atoms with E-state index in [9.17, 15) is 10.1 Å². The van der Waals surface area contributed by atoms with Gasteiger partial charge in [0, 0.05) is 0 Å². The molecule has 4 heteroatoms. The predicted molar refractivity (Wildman–Crippen MR) is 58.7 cm³/mol. The molecule has 0 saturated carbocycles. The lowest BCUT2D eigenvalue weighted by molar-refractivity contribution is -0.402. The second-order valence-corrected chi connectivity index (χ2v) is 3.14. The third kappa shape index (κ3) is 3.81. The maximum absolute atomic E-state index is 10.1. The molecule has 0 aromatic heterocycles. The van der Waals surface area contributed by atoms with Crippen LogP contribution in [0.3, 0.4) is 0 Å². The minimum Gasteiger partial charge on any atom is -0.379 e. The van der Waals surface area contributed by atoms with Crippen LogP contribution in [0.4, 0.5) is 0 Å². The minimum atomic E-state index is -0.481. The van der Waals surface area contributed by atoms with E-state index < -0.39 is 4.92 Å². The Morgan fingerprint density at radius 3 is 2.67 bits per heavy atom. The number of nitrogens with zero attached hydrogens (tertiary/aromatic N) is 1. The quantitative estimate of drug-likeness (QED) is 0.594. The van der Waals surface area contributed by atoms with E-state index in [-0.39, 0.29) is 6.04 Å². The summed E-state index contributed by atoms with van der Waals surface area (Å²) in [4.78, 5) is 9.60. The van der Waals surface area contributed by atoms with Crippen molar-refractivity contribution in [1.29, 1.82) is 0 Å². The Kier molecular flexibility index (Phi) is 4.34. The highest BCUT2D eigenvalue weighted by atomic mass is 16.6. The molecule has 1 atom stereocenters. The summed E-state index contributed by atoms with van der Waals surface area (Å²) in [5.74, 6) is 0. The maximum atomic E-state index is 10.1. The van der Waals surface area contributed by atoms with Crippen LogP contribution in [0.25, 0.3) is 0 Å². The molecule has 0 heterocycles. The molecule has 0 spiro atoms. The Labute approximate surface area is 88.8 Å². The monoisotopic (exact) mass is 206 g/mol. The standard InChI is InChI=1S/C11H14N2O2/c1-2-11(12-8-9-13(14)15)10-6-4-3-5-7-10/h3-9,11-12H,2H2,1H3. The van der Waals surface area contributed by atoms with Crippen LogP contribution in [0.1, 0.15) is 24.9 Å². The minimum absolute atomic E-state index is 0.127. The number of rotatable bonds is 5. The fraction of sp³-hybridized carbons (Fsp3) is 0.273. The van der Waals surface area contributed by atoms with E-state index in [0.717, 1.165) is 18.2 Å². The van der Waals surface area contributed by atoms with Gasteiger partial charge in [0.1, 0.15) is 0 Å². The fourth-order valence-electron chi connectivity index (χ4n) is 1.36. The smallest absolute Gasteiger partial charge is 0.249 e. The molecule has 0 amide bonds. The van der Waals surface area contributed by atoms with Gasteiger partial charge in [-0.2, -0.15) is 0 Å². The lowest BCUT2D eigenvalue weighted by atomic mass is 10.1. The Morgan fingerprint density at radius 1 is 1.47 bits per heavy atom. The number of nitro groups is 1. The molecule has 1 rings (SSSR count). The first-order chi connectivity index (χ1) is 7.24. The van der Waals surface area contributed by atoms with Crippen molar-refractivity contribution in [3.8, 4) is 0 Å². The van der Waals surface area contributed by atoms with Crippen LogP contribution in [-0.4, -0.2) is 4.92 Å². The SMILES string of the molecule is CCC(NC=C[N+](=O)[O-])c1ccccc1. The van der Waals surface area contributed by atoms with E-state index in [1.54, 1.807) is 0 Å². The number of hydrogen-bond acceptors (Lipinski definition) is 3. The first-order valence-electron chi connectivity index (χ1n) is 4.85. The molecule has 0 fully saturated rings. The van der Waals surface area contributed by atoms with Gasteiger partial charge in [-0.15, -0.1) is 0 Å². The summed E-state index contributed by atoms with van der Waals surface area (Å²) in [6.07, 6.45) is 3.17. The summed E-state index contributed by atoms with van der Waals surface area (Å²) >= 11 is 0. The Morgan fingerprint density at radius 2 is 2.13 bits per heavy atom. The van der Waals surface area contributed by atoms with E-state index in [1.807, 2.05) is 37.3 Å². The molecule has 0 radical (unpaired) electrons. The average molecular weight is 206 g/mol. The van der Waals surface area contributed by atoms with Crippen LogP contribution in [0.5, 0.6) is 0 Å². The molecular weight excluding hydrogens is 192 g/mol. The van der Waals surface area contributed by atoms with E-state index in [4.69, 9.17) is 0 Å². The molecule has 4 nitrogen and oxygen atoms in total. The van der Waals surface area contributed by atoms with Crippen molar-refractivity contribution in [2.45, 2.75) is 19.4 Å². The zero-order valence-electron chi connectivity index (χ0n) is 8.59. The van der Waals surface area contributed by atoms with Crippen molar-refractivity contribution in [3.05, 3.63) is 58.4 Å². The van der Waals surface area contributed by atoms with Gasteiger partial charge in [-0.05, 0) is 12.0 Å². The van der Waals surface area contributed by atoms with Crippen molar-refractivity contribution in [3.63, 3.8) is 0 Å². The summed E-state index contributed by atoms with van der Waals surface area (Å²) < 4.78 is 0. The van der Waals surface area contributed by atoms with Gasteiger partial charge in [0.05, 0.1) is 17.2 Å². The van der Waals surface area contributed by atoms with Crippen LogP contribution in [-0.2, 0) is 0 Å². The lowest BCUT2D eigenvalue weighted by Gasteiger charge is -2.14. The first kappa shape index (κ1) is 11.2. The highest BCUT2D eigenvalue weighted by Crippen LogP contribution is 2.15. The van der Waals surface area contributed by atoms with Gasteiger partial charge in [0.15, 0.2) is 0 Å². The number of benzene rings is 1. The van der Waals surface area contributed by atoms with Gasteiger partial charge in [-0.1, -0.05) is 37.3 Å². The molecule has 0 aliphatic heterocycles. The van der Waals surface area contributed by atoms with Crippen LogP contribution in [0.15, 0.2) is 42.7 Å². The van der Waals surface area contributed by atoms with Crippen molar-refractivity contribution in [2.75, 3.05) is 0 Å². The van der Waals surface area contributed by atoms with Crippen LogP contribution >= 0.6 is 0 Å². The highest BCUT2D eigenvalue weighted by molar-refractivity contribution is 5.19. The van der Waals surface area contributed by atoms with Gasteiger partial charge in [-0.25, -0.2) is 0 Å². The second-order valence-electron chi connectivity index (χ2n) is 3.14. The Bertz CT molecular complexity index is 336. The molecular formula is C11H14N2O2. The van der Waals surface area contributed by atoms with Crippen molar-refractivity contribution in [1.82, 2.24) is 5.32 Å². The van der Waals surface area contributed by atoms with Crippen LogP contribution in [0, 0.1) is 10.1 Å². The number of hydrogen-bond donors (Lipinski definition) is 1. The van der Waals surface area contributed by atoms with E-state index >= 15 is 0 Å². The number of nitrogens with one attached hydrogen (secondary N) is 1. The summed E-state index contributed by atoms with van der Waals surface area (Å²) in [6, 6.07) is 9.99. The zero-order valence-corrected chi connectivity index (χ0v) is 8.59. The maximum Gasteiger partial charge on any atom is 0.249 e. The molecule has 0 bridgehead atoms. The molecule has 1 N–H and O–H groups in total. The molecule has 0 aliphatic rings. The molecule has 15 heavy (non-hydrogen) atoms. The van der Waals surface area contributed by atoms with Crippen molar-refractivity contribution >= 4 is 0 Å². The van der Waals surface area contributed by atoms with Crippen molar-refractivity contribution in [2.24, 2.45) is 0 Å². The molecule has 1 aromatic rings. The highest BCUT2D eigenvalue weighted by Gasteiger charge is 2.05. The van der Waals surface area contributed by atoms with E-state index in [1.165, 1.54) is 6.20 Å². The molecule has 80 valence electrons. The normalized spacial score (nSPS) is 12.6. The fourth-order valence-corrected chi connectivity index (χ4v) is 1.36. The van der Waals surface area contributed by atoms with Gasteiger partial charge in [0.25, 0.3) is 0 Å². The molecule has 0 saturated heterocycles. The van der Waals surface area contributed by atoms with Crippen molar-refractivity contribution < 1.29 is 4.92 Å². The lowest BCUT2D eigenvalue weighted by Crippen LogP contribution is -2.14. The van der Waals surface area contributed by atoms with Crippen LogP contribution in [0.2, 0.25) is 0 Å². The van der Waals surface area contributed by atoms with Crippen LogP contribution < -0.4 is 5.32 Å². The zero-order chi connectivity index (χ0) is 11.1. The summed E-state index contributed by atoms with van der Waals surface area (Å²) in [7, 11) is 0. The average Bonchev–Trinajstić information content (AvgIpc) is 2.25. The Hall–Kier alpha value is -1.84. The third-order valence-electron chi connectivity index (χ3n) is 2.10. The first-order valence-corrected chi connectivity index (χ1v) is 4.85. The summed E-state index contributed by atoms with van der Waals surface area (Å²) in [6.45, 7) is 2.03. The third-order valence-corrected chi connectivity index (χ3v) is 2.10. The second kappa shape index (κ2) is 5.80. The van der Waals surface area contributed by atoms with Gasteiger partial charge in [-0.3, -0.25) is 10.1 Å². The Balaban J connectivity index is 2.61. The van der Waals surface area contributed by atoms with E-state index in [2.05, 4.69) is 5.32 Å². The summed E-state index contributed by atoms with van der Waals surface area (Å²) in [5, 5.41) is 13.1. The van der Waals surface area contributed by atoms with Gasteiger partial charge in [0.2, 0.25) is 6.20 Å². The van der Waals surface area contributed by atoms with E-state index in [0.29, 0.717) is 0 Å². The van der Waals surface area contributed by atoms with Gasteiger partial charge >= 0.3 is 0 Å². The summed E-state index contributed by atoms with van der Waals surface area (Å²) in [5.41, 5.74) is 1.13. The molecule has 1 aromatic carbocycles. The van der Waals surface area contributed by atoms with Gasteiger partial charge < -0.3 is 5.32 Å². The molecule has 1 unspecified atom stereocenters. The largest absolute Gasteiger partial charge is 0.379 e.